The fraction of sp³-hybridized carbons (Fsp3) is 0.435. The highest BCUT2D eigenvalue weighted by atomic mass is 32.2. The number of para-hydroxylation sites is 2. The van der Waals surface area contributed by atoms with Gasteiger partial charge in [0.2, 0.25) is 0 Å². The van der Waals surface area contributed by atoms with Crippen LogP contribution in [-0.4, -0.2) is 58.5 Å². The Morgan fingerprint density at radius 1 is 1.22 bits per heavy atom. The van der Waals surface area contributed by atoms with Gasteiger partial charge in [-0.15, -0.1) is 0 Å². The number of carboxylic acid groups (broad SMARTS) is 1. The van der Waals surface area contributed by atoms with E-state index in [4.69, 9.17) is 4.74 Å². The van der Waals surface area contributed by atoms with E-state index in [0.717, 1.165) is 35.7 Å². The van der Waals surface area contributed by atoms with E-state index in [1.165, 1.54) is 0 Å². The molecule has 8 nitrogen and oxygen atoms in total. The Labute approximate surface area is 190 Å². The summed E-state index contributed by atoms with van der Waals surface area (Å²) in [4.78, 5) is 14.3. The van der Waals surface area contributed by atoms with Crippen molar-refractivity contribution in [3.05, 3.63) is 47.5 Å². The summed E-state index contributed by atoms with van der Waals surface area (Å²) in [7, 11) is 4.05. The molecular formula is C23H28N3O5S-. The summed E-state index contributed by atoms with van der Waals surface area (Å²) in [5.74, 6) is -0.191. The first-order chi connectivity index (χ1) is 15.4. The molecule has 1 fully saturated rings. The number of carbonyl (C=O) groups is 1. The lowest BCUT2D eigenvalue weighted by Gasteiger charge is -2.31. The Balaban J connectivity index is 1.67. The van der Waals surface area contributed by atoms with Crippen LogP contribution in [0, 0.1) is 5.92 Å². The van der Waals surface area contributed by atoms with Crippen molar-refractivity contribution in [2.45, 2.75) is 25.2 Å². The molecule has 0 radical (unpaired) electrons. The van der Waals surface area contributed by atoms with Gasteiger partial charge in [-0.25, -0.2) is 4.79 Å². The predicted octanol–water partition coefficient (Wildman–Crippen LogP) is 3.57. The molecule has 0 amide bonds. The van der Waals surface area contributed by atoms with Crippen molar-refractivity contribution in [3.8, 4) is 5.75 Å². The van der Waals surface area contributed by atoms with Crippen molar-refractivity contribution in [2.24, 2.45) is 5.92 Å². The van der Waals surface area contributed by atoms with E-state index >= 15 is 0 Å². The second kappa shape index (κ2) is 9.48. The van der Waals surface area contributed by atoms with Crippen molar-refractivity contribution >= 4 is 34.3 Å². The molecule has 2 N–H and O–H groups in total. The minimum absolute atomic E-state index is 0.0746. The molecule has 1 aliphatic carbocycles. The van der Waals surface area contributed by atoms with Gasteiger partial charge in [0.25, 0.3) is 0 Å². The summed E-state index contributed by atoms with van der Waals surface area (Å²) < 4.78 is 31.6. The Hall–Kier alpha value is -2.62. The van der Waals surface area contributed by atoms with Crippen LogP contribution >= 0.6 is 0 Å². The summed E-state index contributed by atoms with van der Waals surface area (Å²) in [5, 5.41) is 13.3. The van der Waals surface area contributed by atoms with Gasteiger partial charge in [0.15, 0.2) is 0 Å². The molecule has 1 saturated carbocycles. The van der Waals surface area contributed by atoms with Crippen LogP contribution in [0.5, 0.6) is 5.75 Å². The monoisotopic (exact) mass is 458 g/mol. The number of benzene rings is 2. The molecule has 1 heterocycles. The number of carboxylic acids is 1. The third-order valence-corrected chi connectivity index (χ3v) is 6.67. The molecule has 172 valence electrons. The van der Waals surface area contributed by atoms with Gasteiger partial charge in [-0.3, -0.25) is 8.51 Å². The number of fused-ring (bicyclic) bond motifs is 3. The van der Waals surface area contributed by atoms with E-state index < -0.39 is 17.2 Å². The third kappa shape index (κ3) is 4.60. The average molecular weight is 459 g/mol. The molecule has 0 spiro atoms. The lowest BCUT2D eigenvalue weighted by Crippen LogP contribution is -2.24. The molecule has 9 heteroatoms. The van der Waals surface area contributed by atoms with Crippen LogP contribution in [0.25, 0.3) is 0 Å². The Kier molecular flexibility index (Phi) is 6.68. The second-order valence-electron chi connectivity index (χ2n) is 8.56. The maximum Gasteiger partial charge on any atom is 0.341 e. The highest BCUT2D eigenvalue weighted by Gasteiger charge is 2.45. The maximum atomic E-state index is 12.4. The standard InChI is InChI=1S/C23H29N3O5S/c1-25(2)12-6-5-11-24-18-7-3-4-8-19(18)26(32(29)30)20-10-9-16-17-13-15(17)14-31-22(16)21(20)23(27)28/h3-4,7-10,15,17,24H,5-6,11-14H2,1-2H3,(H,27,28)(H,29,30)/p-1/t15-,17-/m1/s1. The minimum Gasteiger partial charge on any atom is -0.755 e. The summed E-state index contributed by atoms with van der Waals surface area (Å²) in [6, 6.07) is 10.4. The van der Waals surface area contributed by atoms with Crippen LogP contribution < -0.4 is 14.4 Å². The quantitative estimate of drug-likeness (QED) is 0.414. The van der Waals surface area contributed by atoms with E-state index in [1.54, 1.807) is 30.3 Å². The van der Waals surface area contributed by atoms with E-state index in [2.05, 4.69) is 10.2 Å². The first kappa shape index (κ1) is 22.6. The van der Waals surface area contributed by atoms with Gasteiger partial charge in [-0.05, 0) is 69.6 Å². The number of hydrogen-bond donors (Lipinski definition) is 2. The first-order valence-electron chi connectivity index (χ1n) is 10.8. The Bertz CT molecular complexity index is 1030. The fourth-order valence-corrected chi connectivity index (χ4v) is 4.91. The number of nitrogens with one attached hydrogen (secondary N) is 1. The van der Waals surface area contributed by atoms with Crippen molar-refractivity contribution in [2.75, 3.05) is 43.4 Å². The molecule has 1 unspecified atom stereocenters. The number of ether oxygens (including phenoxy) is 1. The van der Waals surface area contributed by atoms with Crippen molar-refractivity contribution in [1.29, 1.82) is 0 Å². The number of anilines is 3. The lowest BCUT2D eigenvalue weighted by molar-refractivity contribution is 0.0692. The number of hydrogen-bond acceptors (Lipinski definition) is 6. The normalized spacial score (nSPS) is 19.5. The summed E-state index contributed by atoms with van der Waals surface area (Å²) >= 11 is -2.74. The van der Waals surface area contributed by atoms with E-state index in [1.807, 2.05) is 20.2 Å². The number of aromatic carboxylic acids is 1. The van der Waals surface area contributed by atoms with Gasteiger partial charge >= 0.3 is 5.97 Å². The molecule has 0 aromatic heterocycles. The van der Waals surface area contributed by atoms with Crippen molar-refractivity contribution < 1.29 is 23.4 Å². The van der Waals surface area contributed by atoms with Crippen molar-refractivity contribution in [3.63, 3.8) is 0 Å². The number of rotatable bonds is 10. The van der Waals surface area contributed by atoms with Crippen molar-refractivity contribution in [1.82, 2.24) is 4.90 Å². The van der Waals surface area contributed by atoms with E-state index in [-0.39, 0.29) is 11.3 Å². The predicted molar refractivity (Wildman–Crippen MR) is 124 cm³/mol. The van der Waals surface area contributed by atoms with Crippen LogP contribution in [-0.2, 0) is 11.3 Å². The summed E-state index contributed by atoms with van der Waals surface area (Å²) in [6.45, 7) is 2.11. The number of nitrogens with zero attached hydrogens (tertiary/aromatic N) is 2. The molecule has 2 aromatic rings. The molecule has 2 aromatic carbocycles. The zero-order valence-electron chi connectivity index (χ0n) is 18.2. The minimum atomic E-state index is -2.74. The molecule has 2 aliphatic rings. The topological polar surface area (TPSA) is 105 Å². The SMILES string of the molecule is CN(C)CCCCNc1ccccc1N(c1ccc2c(c1C(=O)O)OC[C@H]1C[C@@H]21)S(=O)[O-]. The number of unbranched alkanes of at least 4 members (excludes halogenated alkanes) is 1. The molecule has 32 heavy (non-hydrogen) atoms. The molecule has 1 aliphatic heterocycles. The van der Waals surface area contributed by atoms with Gasteiger partial charge in [-0.2, -0.15) is 0 Å². The fourth-order valence-electron chi connectivity index (χ4n) is 4.28. The summed E-state index contributed by atoms with van der Waals surface area (Å²) in [5.41, 5.74) is 1.81. The molecule has 0 saturated heterocycles. The molecule has 4 rings (SSSR count). The van der Waals surface area contributed by atoms with Gasteiger partial charge < -0.3 is 24.6 Å². The van der Waals surface area contributed by atoms with Crippen LogP contribution in [0.15, 0.2) is 36.4 Å². The maximum absolute atomic E-state index is 12.4. The largest absolute Gasteiger partial charge is 0.755 e. The van der Waals surface area contributed by atoms with Crippen LogP contribution in [0.1, 0.15) is 41.1 Å². The first-order valence-corrected chi connectivity index (χ1v) is 11.8. The zero-order valence-corrected chi connectivity index (χ0v) is 19.1. The molecule has 3 atom stereocenters. The van der Waals surface area contributed by atoms with Gasteiger partial charge in [-0.1, -0.05) is 18.2 Å². The van der Waals surface area contributed by atoms with Gasteiger partial charge in [0.1, 0.15) is 11.3 Å². The van der Waals surface area contributed by atoms with E-state index in [0.29, 0.717) is 42.1 Å². The highest BCUT2D eigenvalue weighted by Crippen LogP contribution is 2.56. The van der Waals surface area contributed by atoms with Crippen LogP contribution in [0.3, 0.4) is 0 Å². The average Bonchev–Trinajstić information content (AvgIpc) is 3.54. The molecular weight excluding hydrogens is 430 g/mol. The van der Waals surface area contributed by atoms with E-state index in [9.17, 15) is 18.7 Å². The zero-order chi connectivity index (χ0) is 22.8. The lowest BCUT2D eigenvalue weighted by atomic mass is 10.00. The van der Waals surface area contributed by atoms with Gasteiger partial charge in [0.05, 0.1) is 34.9 Å². The van der Waals surface area contributed by atoms with Crippen LogP contribution in [0.4, 0.5) is 17.1 Å². The molecule has 0 bridgehead atoms. The van der Waals surface area contributed by atoms with Gasteiger partial charge in [0, 0.05) is 12.5 Å². The summed E-state index contributed by atoms with van der Waals surface area (Å²) in [6.07, 6.45) is 2.90. The Morgan fingerprint density at radius 2 is 2.00 bits per heavy atom. The van der Waals surface area contributed by atoms with Crippen LogP contribution in [0.2, 0.25) is 0 Å². The smallest absolute Gasteiger partial charge is 0.341 e. The highest BCUT2D eigenvalue weighted by molar-refractivity contribution is 7.81. The second-order valence-corrected chi connectivity index (χ2v) is 9.36. The third-order valence-electron chi connectivity index (χ3n) is 5.98. The Morgan fingerprint density at radius 3 is 2.72 bits per heavy atom.